The molecule has 0 aromatic carbocycles. The molecular weight excluding hydrogens is 239 g/mol. The average Bonchev–Trinajstić information content (AvgIpc) is 2.62. The lowest BCUT2D eigenvalue weighted by atomic mass is 9.96. The smallest absolute Gasteiger partial charge is 0.376 e. The molecule has 2 aromatic heterocycles. The van der Waals surface area contributed by atoms with E-state index in [-0.39, 0.29) is 5.56 Å². The van der Waals surface area contributed by atoms with Crippen molar-refractivity contribution in [2.45, 2.75) is 18.7 Å². The quantitative estimate of drug-likeness (QED) is 0.840. The molecule has 2 nitrogen and oxygen atoms in total. The first-order valence-electron chi connectivity index (χ1n) is 4.46. The van der Waals surface area contributed by atoms with Gasteiger partial charge in [0.1, 0.15) is 0 Å². The summed E-state index contributed by atoms with van der Waals surface area (Å²) in [5.74, 6) is 0. The van der Waals surface area contributed by atoms with E-state index in [1.807, 2.05) is 0 Å². The summed E-state index contributed by atoms with van der Waals surface area (Å²) in [7, 11) is 0. The number of fused-ring (bicyclic) bond motifs is 1. The summed E-state index contributed by atoms with van der Waals surface area (Å²) in [5, 5.41) is 11.2. The number of aliphatic hydroxyl groups is 1. The molecule has 0 amide bonds. The largest absolute Gasteiger partial charge is 0.421 e. The van der Waals surface area contributed by atoms with E-state index >= 15 is 0 Å². The first kappa shape index (κ1) is 11.3. The lowest BCUT2D eigenvalue weighted by molar-refractivity contribution is -0.258. The number of pyridine rings is 1. The standard InChI is InChI=1S/C10H8F3NOS/c1-9(15,10(11,12)13)6-2-4-14-7-3-5-16-8(6)7/h2-5,15H,1H3. The maximum Gasteiger partial charge on any atom is 0.421 e. The van der Waals surface area contributed by atoms with Crippen LogP contribution in [0.5, 0.6) is 0 Å². The molecule has 0 aliphatic carbocycles. The van der Waals surface area contributed by atoms with Crippen molar-refractivity contribution in [1.29, 1.82) is 0 Å². The van der Waals surface area contributed by atoms with Crippen LogP contribution in [0.4, 0.5) is 13.2 Å². The maximum atomic E-state index is 12.7. The zero-order chi connectivity index (χ0) is 12.0. The molecule has 0 aliphatic heterocycles. The molecule has 0 radical (unpaired) electrons. The Morgan fingerprint density at radius 1 is 1.31 bits per heavy atom. The molecule has 1 atom stereocenters. The Morgan fingerprint density at radius 3 is 2.62 bits per heavy atom. The molecule has 2 aromatic rings. The van der Waals surface area contributed by atoms with Crippen LogP contribution in [0.3, 0.4) is 0 Å². The SMILES string of the molecule is CC(O)(c1ccnc2ccsc12)C(F)(F)F. The van der Waals surface area contributed by atoms with Gasteiger partial charge in [-0.2, -0.15) is 13.2 Å². The summed E-state index contributed by atoms with van der Waals surface area (Å²) in [6.45, 7) is 0.751. The Morgan fingerprint density at radius 2 is 2.00 bits per heavy atom. The Hall–Kier alpha value is -1.14. The fraction of sp³-hybridized carbons (Fsp3) is 0.300. The van der Waals surface area contributed by atoms with Gasteiger partial charge < -0.3 is 5.11 Å². The highest BCUT2D eigenvalue weighted by molar-refractivity contribution is 7.17. The number of thiophene rings is 1. The third kappa shape index (κ3) is 1.58. The minimum absolute atomic E-state index is 0.153. The van der Waals surface area contributed by atoms with E-state index in [0.717, 1.165) is 18.3 Å². The summed E-state index contributed by atoms with van der Waals surface area (Å²) in [5.41, 5.74) is -2.54. The summed E-state index contributed by atoms with van der Waals surface area (Å²) < 4.78 is 38.4. The zero-order valence-corrected chi connectivity index (χ0v) is 9.06. The fourth-order valence-electron chi connectivity index (χ4n) is 1.41. The van der Waals surface area contributed by atoms with Gasteiger partial charge in [0.15, 0.2) is 5.60 Å². The van der Waals surface area contributed by atoms with Crippen molar-refractivity contribution < 1.29 is 18.3 Å². The van der Waals surface area contributed by atoms with Gasteiger partial charge in [-0.15, -0.1) is 11.3 Å². The molecule has 0 saturated heterocycles. The summed E-state index contributed by atoms with van der Waals surface area (Å²) in [4.78, 5) is 3.93. The topological polar surface area (TPSA) is 33.1 Å². The molecule has 0 fully saturated rings. The van der Waals surface area contributed by atoms with Crippen LogP contribution in [0.25, 0.3) is 10.2 Å². The van der Waals surface area contributed by atoms with Gasteiger partial charge in [0, 0.05) is 11.8 Å². The predicted molar refractivity (Wildman–Crippen MR) is 55.2 cm³/mol. The van der Waals surface area contributed by atoms with Crippen LogP contribution in [0.1, 0.15) is 12.5 Å². The van der Waals surface area contributed by atoms with E-state index < -0.39 is 11.8 Å². The highest BCUT2D eigenvalue weighted by atomic mass is 32.1. The van der Waals surface area contributed by atoms with Crippen molar-refractivity contribution in [2.75, 3.05) is 0 Å². The molecular formula is C10H8F3NOS. The molecule has 0 bridgehead atoms. The van der Waals surface area contributed by atoms with Crippen LogP contribution in [-0.4, -0.2) is 16.3 Å². The van der Waals surface area contributed by atoms with Gasteiger partial charge >= 0.3 is 6.18 Å². The van der Waals surface area contributed by atoms with Crippen LogP contribution < -0.4 is 0 Å². The number of rotatable bonds is 1. The van der Waals surface area contributed by atoms with E-state index in [9.17, 15) is 18.3 Å². The number of aromatic nitrogens is 1. The van der Waals surface area contributed by atoms with E-state index in [1.165, 1.54) is 12.3 Å². The van der Waals surface area contributed by atoms with E-state index in [0.29, 0.717) is 10.2 Å². The van der Waals surface area contributed by atoms with Gasteiger partial charge in [-0.1, -0.05) is 0 Å². The third-order valence-electron chi connectivity index (χ3n) is 2.42. The second kappa shape index (κ2) is 3.43. The minimum Gasteiger partial charge on any atom is -0.376 e. The molecule has 2 rings (SSSR count). The molecule has 86 valence electrons. The Kier molecular flexibility index (Phi) is 2.43. The van der Waals surface area contributed by atoms with E-state index in [2.05, 4.69) is 4.98 Å². The van der Waals surface area contributed by atoms with Crippen molar-refractivity contribution in [3.05, 3.63) is 29.3 Å². The molecule has 6 heteroatoms. The Labute approximate surface area is 93.4 Å². The first-order chi connectivity index (χ1) is 7.34. The molecule has 2 heterocycles. The number of nitrogens with zero attached hydrogens (tertiary/aromatic N) is 1. The number of hydrogen-bond donors (Lipinski definition) is 1. The minimum atomic E-state index is -4.70. The van der Waals surface area contributed by atoms with E-state index in [1.54, 1.807) is 11.4 Å². The lowest BCUT2D eigenvalue weighted by Crippen LogP contribution is -2.39. The molecule has 0 aliphatic rings. The lowest BCUT2D eigenvalue weighted by Gasteiger charge is -2.26. The van der Waals surface area contributed by atoms with Gasteiger partial charge in [0.2, 0.25) is 0 Å². The van der Waals surface area contributed by atoms with Gasteiger partial charge in [-0.05, 0) is 24.4 Å². The Balaban J connectivity index is 2.68. The van der Waals surface area contributed by atoms with Crippen LogP contribution in [0.15, 0.2) is 23.7 Å². The second-order valence-corrected chi connectivity index (χ2v) is 4.48. The van der Waals surface area contributed by atoms with Crippen molar-refractivity contribution >= 4 is 21.6 Å². The van der Waals surface area contributed by atoms with Gasteiger partial charge in [0.25, 0.3) is 0 Å². The molecule has 0 saturated carbocycles. The van der Waals surface area contributed by atoms with Crippen LogP contribution in [0.2, 0.25) is 0 Å². The first-order valence-corrected chi connectivity index (χ1v) is 5.34. The average molecular weight is 247 g/mol. The van der Waals surface area contributed by atoms with Crippen molar-refractivity contribution in [1.82, 2.24) is 4.98 Å². The molecule has 1 N–H and O–H groups in total. The monoisotopic (exact) mass is 247 g/mol. The third-order valence-corrected chi connectivity index (χ3v) is 3.36. The zero-order valence-electron chi connectivity index (χ0n) is 8.25. The number of alkyl halides is 3. The fourth-order valence-corrected chi connectivity index (χ4v) is 2.38. The molecule has 1 unspecified atom stereocenters. The second-order valence-electron chi connectivity index (χ2n) is 3.56. The van der Waals surface area contributed by atoms with Gasteiger partial charge in [0.05, 0.1) is 10.2 Å². The molecule has 16 heavy (non-hydrogen) atoms. The summed E-state index contributed by atoms with van der Waals surface area (Å²) >= 11 is 1.13. The van der Waals surface area contributed by atoms with Gasteiger partial charge in [-0.3, -0.25) is 4.98 Å². The summed E-state index contributed by atoms with van der Waals surface area (Å²) in [6.07, 6.45) is -3.43. The van der Waals surface area contributed by atoms with Crippen molar-refractivity contribution in [2.24, 2.45) is 0 Å². The predicted octanol–water partition coefficient (Wildman–Crippen LogP) is 3.07. The van der Waals surface area contributed by atoms with Crippen LogP contribution >= 0.6 is 11.3 Å². The maximum absolute atomic E-state index is 12.7. The number of hydrogen-bond acceptors (Lipinski definition) is 3. The highest BCUT2D eigenvalue weighted by Crippen LogP contribution is 2.41. The Bertz CT molecular complexity index is 518. The number of halogens is 3. The molecule has 0 spiro atoms. The normalized spacial score (nSPS) is 16.3. The van der Waals surface area contributed by atoms with E-state index in [4.69, 9.17) is 0 Å². The van der Waals surface area contributed by atoms with Crippen molar-refractivity contribution in [3.8, 4) is 0 Å². The van der Waals surface area contributed by atoms with Crippen LogP contribution in [0, 0.1) is 0 Å². The summed E-state index contributed by atoms with van der Waals surface area (Å²) in [6, 6.07) is 2.82. The van der Waals surface area contributed by atoms with Crippen molar-refractivity contribution in [3.63, 3.8) is 0 Å². The highest BCUT2D eigenvalue weighted by Gasteiger charge is 2.52. The van der Waals surface area contributed by atoms with Crippen LogP contribution in [-0.2, 0) is 5.60 Å². The van der Waals surface area contributed by atoms with Gasteiger partial charge in [-0.25, -0.2) is 0 Å².